The summed E-state index contributed by atoms with van der Waals surface area (Å²) in [4.78, 5) is 8.20. The number of nitrogens with two attached hydrogens (primary N) is 1. The Morgan fingerprint density at radius 2 is 2.05 bits per heavy atom. The maximum Gasteiger partial charge on any atom is 0.216 e. The fraction of sp³-hybridized carbons (Fsp3) is 0.286. The van der Waals surface area contributed by atoms with Crippen molar-refractivity contribution in [2.24, 2.45) is 5.73 Å². The summed E-state index contributed by atoms with van der Waals surface area (Å²) in [5, 5.41) is 0. The molecule has 0 aliphatic rings. The molecule has 0 aliphatic heterocycles. The maximum atomic E-state index is 6.23. The number of ether oxygens (including phenoxy) is 1. The van der Waals surface area contributed by atoms with Crippen molar-refractivity contribution >= 4 is 15.9 Å². The summed E-state index contributed by atoms with van der Waals surface area (Å²) < 4.78 is 6.12. The van der Waals surface area contributed by atoms with E-state index in [4.69, 9.17) is 10.5 Å². The second-order valence-electron chi connectivity index (χ2n) is 4.42. The summed E-state index contributed by atoms with van der Waals surface area (Å²) in [6.07, 6.45) is 2.14. The molecule has 0 fully saturated rings. The molecule has 4 nitrogen and oxygen atoms in total. The van der Waals surface area contributed by atoms with Gasteiger partial charge in [-0.15, -0.1) is 0 Å². The molecule has 0 radical (unpaired) electrons. The van der Waals surface area contributed by atoms with E-state index in [1.54, 1.807) is 7.11 Å². The van der Waals surface area contributed by atoms with Crippen LogP contribution in [-0.4, -0.2) is 17.1 Å². The van der Waals surface area contributed by atoms with Gasteiger partial charge in [-0.3, -0.25) is 0 Å². The highest BCUT2D eigenvalue weighted by atomic mass is 79.9. The summed E-state index contributed by atoms with van der Waals surface area (Å²) in [5.74, 6) is 0.558. The van der Waals surface area contributed by atoms with Gasteiger partial charge in [-0.2, -0.15) is 0 Å². The molecule has 0 amide bonds. The fourth-order valence-corrected chi connectivity index (χ4v) is 2.55. The van der Waals surface area contributed by atoms with E-state index < -0.39 is 0 Å². The Labute approximate surface area is 121 Å². The van der Waals surface area contributed by atoms with E-state index in [1.807, 2.05) is 12.1 Å². The molecule has 0 saturated carbocycles. The first-order valence-electron chi connectivity index (χ1n) is 5.96. The van der Waals surface area contributed by atoms with Crippen LogP contribution < -0.4 is 10.5 Å². The van der Waals surface area contributed by atoms with Gasteiger partial charge in [-0.1, -0.05) is 22.0 Å². The van der Waals surface area contributed by atoms with Gasteiger partial charge in [0.25, 0.3) is 0 Å². The molecule has 2 aromatic rings. The molecule has 1 aromatic heterocycles. The second kappa shape index (κ2) is 6.12. The first-order chi connectivity index (χ1) is 9.08. The Morgan fingerprint density at radius 1 is 1.26 bits per heavy atom. The van der Waals surface area contributed by atoms with E-state index >= 15 is 0 Å². The van der Waals surface area contributed by atoms with E-state index in [0.717, 1.165) is 15.7 Å². The zero-order valence-corrected chi connectivity index (χ0v) is 12.5. The number of nitrogens with zero attached hydrogens (tertiary/aromatic N) is 2. The highest BCUT2D eigenvalue weighted by molar-refractivity contribution is 9.10. The molecule has 0 aliphatic carbocycles. The Bertz CT molecular complexity index is 554. The average Bonchev–Trinajstić information content (AvgIpc) is 2.37. The van der Waals surface area contributed by atoms with Crippen molar-refractivity contribution in [1.29, 1.82) is 0 Å². The number of hydrogen-bond acceptors (Lipinski definition) is 4. The zero-order chi connectivity index (χ0) is 13.8. The van der Waals surface area contributed by atoms with Gasteiger partial charge >= 0.3 is 0 Å². The molecule has 1 atom stereocenters. The third kappa shape index (κ3) is 3.75. The van der Waals surface area contributed by atoms with Crippen molar-refractivity contribution in [3.8, 4) is 5.88 Å². The van der Waals surface area contributed by atoms with Crippen LogP contribution in [0.25, 0.3) is 0 Å². The molecule has 2 N–H and O–H groups in total. The lowest BCUT2D eigenvalue weighted by atomic mass is 10.0. The molecular weight excluding hydrogens is 306 g/mol. The zero-order valence-electron chi connectivity index (χ0n) is 10.9. The van der Waals surface area contributed by atoms with Crippen LogP contribution in [0.4, 0.5) is 0 Å². The molecule has 2 rings (SSSR count). The number of benzene rings is 1. The van der Waals surface area contributed by atoms with Crippen molar-refractivity contribution in [2.45, 2.75) is 19.4 Å². The number of methoxy groups -OCH3 is 1. The quantitative estimate of drug-likeness (QED) is 0.940. The van der Waals surface area contributed by atoms with Crippen LogP contribution in [0.1, 0.15) is 22.9 Å². The first-order valence-corrected chi connectivity index (χ1v) is 6.75. The smallest absolute Gasteiger partial charge is 0.216 e. The van der Waals surface area contributed by atoms with Crippen molar-refractivity contribution in [1.82, 2.24) is 9.97 Å². The van der Waals surface area contributed by atoms with Crippen LogP contribution >= 0.6 is 15.9 Å². The van der Waals surface area contributed by atoms with Crippen molar-refractivity contribution in [2.75, 3.05) is 7.11 Å². The van der Waals surface area contributed by atoms with Crippen molar-refractivity contribution in [3.63, 3.8) is 0 Å². The van der Waals surface area contributed by atoms with E-state index in [1.165, 1.54) is 11.9 Å². The van der Waals surface area contributed by atoms with Gasteiger partial charge in [-0.05, 0) is 30.2 Å². The summed E-state index contributed by atoms with van der Waals surface area (Å²) >= 11 is 3.49. The number of hydrogen-bond donors (Lipinski definition) is 1. The van der Waals surface area contributed by atoms with E-state index in [2.05, 4.69) is 45.0 Å². The van der Waals surface area contributed by atoms with Crippen LogP contribution in [0, 0.1) is 6.92 Å². The van der Waals surface area contributed by atoms with E-state index in [0.29, 0.717) is 12.3 Å². The molecule has 1 aromatic carbocycles. The third-order valence-corrected chi connectivity index (χ3v) is 3.29. The lowest BCUT2D eigenvalue weighted by Gasteiger charge is -2.13. The topological polar surface area (TPSA) is 61.0 Å². The van der Waals surface area contributed by atoms with Gasteiger partial charge in [0.1, 0.15) is 6.33 Å². The normalized spacial score (nSPS) is 12.2. The van der Waals surface area contributed by atoms with E-state index in [9.17, 15) is 0 Å². The summed E-state index contributed by atoms with van der Waals surface area (Å²) in [7, 11) is 1.59. The minimum atomic E-state index is -0.101. The Hall–Kier alpha value is -1.46. The predicted molar refractivity (Wildman–Crippen MR) is 78.1 cm³/mol. The Balaban J connectivity index is 2.17. The number of aryl methyl sites for hydroxylation is 1. The summed E-state index contributed by atoms with van der Waals surface area (Å²) in [5.41, 5.74) is 9.37. The molecular formula is C14H16BrN3O. The average molecular weight is 322 g/mol. The number of halogens is 1. The first kappa shape index (κ1) is 14.0. The second-order valence-corrected chi connectivity index (χ2v) is 5.34. The third-order valence-electron chi connectivity index (χ3n) is 2.83. The molecule has 19 heavy (non-hydrogen) atoms. The van der Waals surface area contributed by atoms with Crippen LogP contribution in [0.5, 0.6) is 5.88 Å². The van der Waals surface area contributed by atoms with Crippen LogP contribution in [-0.2, 0) is 6.42 Å². The Kier molecular flexibility index (Phi) is 4.50. The summed E-state index contributed by atoms with van der Waals surface area (Å²) in [6.45, 7) is 2.05. The molecule has 0 spiro atoms. The largest absolute Gasteiger partial charge is 0.481 e. The van der Waals surface area contributed by atoms with Crippen molar-refractivity contribution < 1.29 is 4.74 Å². The van der Waals surface area contributed by atoms with Gasteiger partial charge in [0, 0.05) is 28.7 Å². The number of aromatic nitrogens is 2. The number of rotatable bonds is 4. The highest BCUT2D eigenvalue weighted by Gasteiger charge is 2.10. The minimum absolute atomic E-state index is 0.101. The SMILES string of the molecule is COc1cc(CC(N)c2cc(C)cc(Br)c2)ncn1. The monoisotopic (exact) mass is 321 g/mol. The predicted octanol–water partition coefficient (Wildman–Crippen LogP) is 2.80. The molecule has 100 valence electrons. The van der Waals surface area contributed by atoms with Crippen LogP contribution in [0.15, 0.2) is 35.1 Å². The molecule has 5 heteroatoms. The molecule has 1 heterocycles. The van der Waals surface area contributed by atoms with Crippen LogP contribution in [0.2, 0.25) is 0 Å². The van der Waals surface area contributed by atoms with Gasteiger partial charge in [0.05, 0.1) is 7.11 Å². The summed E-state index contributed by atoms with van der Waals surface area (Å²) in [6, 6.07) is 7.90. The lowest BCUT2D eigenvalue weighted by Crippen LogP contribution is -2.14. The van der Waals surface area contributed by atoms with Gasteiger partial charge < -0.3 is 10.5 Å². The highest BCUT2D eigenvalue weighted by Crippen LogP contribution is 2.22. The van der Waals surface area contributed by atoms with Gasteiger partial charge in [0.2, 0.25) is 5.88 Å². The van der Waals surface area contributed by atoms with Gasteiger partial charge in [-0.25, -0.2) is 9.97 Å². The van der Waals surface area contributed by atoms with Crippen LogP contribution in [0.3, 0.4) is 0 Å². The van der Waals surface area contributed by atoms with Gasteiger partial charge in [0.15, 0.2) is 0 Å². The van der Waals surface area contributed by atoms with Crippen molar-refractivity contribution in [3.05, 3.63) is 51.9 Å². The Morgan fingerprint density at radius 3 is 2.74 bits per heavy atom. The minimum Gasteiger partial charge on any atom is -0.481 e. The standard InChI is InChI=1S/C14H16BrN3O/c1-9-3-10(5-11(15)4-9)13(16)6-12-7-14(19-2)18-8-17-12/h3-5,7-8,13H,6,16H2,1-2H3. The van der Waals surface area contributed by atoms with E-state index in [-0.39, 0.29) is 6.04 Å². The molecule has 0 bridgehead atoms. The fourth-order valence-electron chi connectivity index (χ4n) is 1.92. The maximum absolute atomic E-state index is 6.23. The molecule has 1 unspecified atom stereocenters. The molecule has 0 saturated heterocycles. The lowest BCUT2D eigenvalue weighted by molar-refractivity contribution is 0.395.